The number of nitrogens with zero attached hydrogens (tertiary/aromatic N) is 2. The number of ether oxygens (including phenoxy) is 1. The zero-order chi connectivity index (χ0) is 24.1. The highest BCUT2D eigenvalue weighted by Gasteiger charge is 2.30. The molecule has 0 spiro atoms. The molecule has 5 N–H and O–H groups in total. The van der Waals surface area contributed by atoms with Crippen LogP contribution in [0.5, 0.6) is 5.75 Å². The molecular weight excluding hydrogens is 412 g/mol. The Morgan fingerprint density at radius 1 is 1.25 bits per heavy atom. The number of aliphatic carboxylic acids is 2. The van der Waals surface area contributed by atoms with Crippen molar-refractivity contribution in [1.82, 2.24) is 9.97 Å². The van der Waals surface area contributed by atoms with Crippen molar-refractivity contribution in [3.05, 3.63) is 40.6 Å². The van der Waals surface area contributed by atoms with E-state index < -0.39 is 17.4 Å². The molecule has 0 unspecified atom stereocenters. The average Bonchev–Trinajstić information content (AvgIpc) is 2.69. The van der Waals surface area contributed by atoms with Crippen LogP contribution in [-0.4, -0.2) is 45.3 Å². The van der Waals surface area contributed by atoms with E-state index in [1.807, 2.05) is 19.9 Å². The van der Waals surface area contributed by atoms with Crippen molar-refractivity contribution in [1.29, 1.82) is 0 Å². The minimum Gasteiger partial charge on any atom is -0.496 e. The highest BCUT2D eigenvalue weighted by molar-refractivity contribution is 5.80. The molecule has 0 bridgehead atoms. The van der Waals surface area contributed by atoms with Crippen LogP contribution in [0.2, 0.25) is 0 Å². The molecule has 2 rings (SSSR count). The van der Waals surface area contributed by atoms with Crippen LogP contribution in [0.4, 0.5) is 11.8 Å². The molecule has 1 atom stereocenters. The predicted molar refractivity (Wildman–Crippen MR) is 122 cm³/mol. The van der Waals surface area contributed by atoms with Gasteiger partial charge in [-0.1, -0.05) is 25.5 Å². The molecule has 1 heterocycles. The largest absolute Gasteiger partial charge is 0.496 e. The Morgan fingerprint density at radius 2 is 1.94 bits per heavy atom. The molecule has 0 aliphatic carbocycles. The van der Waals surface area contributed by atoms with E-state index in [9.17, 15) is 19.8 Å². The summed E-state index contributed by atoms with van der Waals surface area (Å²) in [5.74, 6) is -0.667. The smallest absolute Gasteiger partial charge is 0.313 e. The number of nitrogen functional groups attached to an aromatic ring is 1. The maximum atomic E-state index is 11.7. The lowest BCUT2D eigenvalue weighted by Gasteiger charge is -2.23. The molecule has 174 valence electrons. The molecule has 0 amide bonds. The predicted octanol–water partition coefficient (Wildman–Crippen LogP) is 3.38. The van der Waals surface area contributed by atoms with Crippen LogP contribution < -0.4 is 15.8 Å². The second-order valence-electron chi connectivity index (χ2n) is 8.36. The number of carbonyl (C=O) groups is 2. The number of nitrogens with two attached hydrogens (primary N) is 1. The fraction of sp³-hybridized carbons (Fsp3) is 0.478. The molecule has 0 saturated carbocycles. The monoisotopic (exact) mass is 444 g/mol. The fourth-order valence-electron chi connectivity index (χ4n) is 3.55. The molecule has 9 nitrogen and oxygen atoms in total. The fourth-order valence-corrected chi connectivity index (χ4v) is 3.55. The number of nitrogens with one attached hydrogen (secondary N) is 1. The number of benzene rings is 1. The highest BCUT2D eigenvalue weighted by atomic mass is 16.5. The minimum atomic E-state index is -1.08. The van der Waals surface area contributed by atoms with E-state index >= 15 is 0 Å². The van der Waals surface area contributed by atoms with Crippen molar-refractivity contribution < 1.29 is 24.5 Å². The molecular formula is C23H32N4O5. The third kappa shape index (κ3) is 5.87. The van der Waals surface area contributed by atoms with Gasteiger partial charge in [0.25, 0.3) is 0 Å². The second-order valence-corrected chi connectivity index (χ2v) is 8.36. The third-order valence-corrected chi connectivity index (χ3v) is 5.53. The molecule has 1 aromatic carbocycles. The van der Waals surface area contributed by atoms with Crippen LogP contribution >= 0.6 is 0 Å². The first-order valence-corrected chi connectivity index (χ1v) is 10.5. The summed E-state index contributed by atoms with van der Waals surface area (Å²) < 4.78 is 5.51. The van der Waals surface area contributed by atoms with Gasteiger partial charge in [0.05, 0.1) is 18.9 Å². The molecule has 9 heteroatoms. The molecule has 0 aliphatic rings. The first kappa shape index (κ1) is 24.9. The maximum absolute atomic E-state index is 11.7. The van der Waals surface area contributed by atoms with Gasteiger partial charge in [0, 0.05) is 23.7 Å². The molecule has 32 heavy (non-hydrogen) atoms. The number of rotatable bonds is 11. The van der Waals surface area contributed by atoms with E-state index in [0.717, 1.165) is 17.5 Å². The van der Waals surface area contributed by atoms with E-state index in [0.29, 0.717) is 35.7 Å². The Kier molecular flexibility index (Phi) is 8.02. The van der Waals surface area contributed by atoms with Crippen molar-refractivity contribution in [2.45, 2.75) is 64.8 Å². The normalized spacial score (nSPS) is 12.3. The first-order valence-electron chi connectivity index (χ1n) is 10.5. The van der Waals surface area contributed by atoms with Gasteiger partial charge in [-0.2, -0.15) is 4.98 Å². The zero-order valence-electron chi connectivity index (χ0n) is 19.2. The highest BCUT2D eigenvalue weighted by Crippen LogP contribution is 2.32. The molecule has 0 fully saturated rings. The van der Waals surface area contributed by atoms with Gasteiger partial charge in [-0.25, -0.2) is 4.98 Å². The number of aromatic nitrogens is 2. The lowest BCUT2D eigenvalue weighted by atomic mass is 9.83. The quantitative estimate of drug-likeness (QED) is 0.409. The van der Waals surface area contributed by atoms with Gasteiger partial charge in [0.1, 0.15) is 11.6 Å². The Morgan fingerprint density at radius 3 is 2.50 bits per heavy atom. The van der Waals surface area contributed by atoms with Crippen molar-refractivity contribution in [2.75, 3.05) is 18.2 Å². The summed E-state index contributed by atoms with van der Waals surface area (Å²) in [6.07, 6.45) is 1.76. The van der Waals surface area contributed by atoms with Crippen molar-refractivity contribution >= 4 is 23.7 Å². The van der Waals surface area contributed by atoms with E-state index in [4.69, 9.17) is 10.5 Å². The topological polar surface area (TPSA) is 148 Å². The third-order valence-electron chi connectivity index (χ3n) is 5.53. The van der Waals surface area contributed by atoms with Crippen LogP contribution in [-0.2, 0) is 21.4 Å². The Hall–Kier alpha value is -3.36. The van der Waals surface area contributed by atoms with Gasteiger partial charge >= 0.3 is 11.9 Å². The van der Waals surface area contributed by atoms with Crippen molar-refractivity contribution in [3.8, 4) is 5.75 Å². The number of hydrogen-bond donors (Lipinski definition) is 4. The van der Waals surface area contributed by atoms with Crippen LogP contribution in [0.3, 0.4) is 0 Å². The molecule has 0 radical (unpaired) electrons. The summed E-state index contributed by atoms with van der Waals surface area (Å²) in [4.78, 5) is 31.6. The van der Waals surface area contributed by atoms with Crippen LogP contribution in [0.15, 0.2) is 18.2 Å². The molecule has 0 aliphatic heterocycles. The van der Waals surface area contributed by atoms with E-state index in [2.05, 4.69) is 15.3 Å². The van der Waals surface area contributed by atoms with Gasteiger partial charge in [0.2, 0.25) is 5.95 Å². The van der Waals surface area contributed by atoms with Gasteiger partial charge in [0.15, 0.2) is 0 Å². The summed E-state index contributed by atoms with van der Waals surface area (Å²) in [6.45, 7) is 7.08. The van der Waals surface area contributed by atoms with Gasteiger partial charge in [-0.3, -0.25) is 9.59 Å². The summed E-state index contributed by atoms with van der Waals surface area (Å²) in [6, 6.07) is 4.99. The Labute approximate surface area is 188 Å². The number of carboxylic acids is 2. The van der Waals surface area contributed by atoms with Crippen LogP contribution in [0.1, 0.15) is 62.4 Å². The zero-order valence-corrected chi connectivity index (χ0v) is 19.2. The van der Waals surface area contributed by atoms with Gasteiger partial charge < -0.3 is 26.0 Å². The number of methoxy groups -OCH3 is 1. The van der Waals surface area contributed by atoms with E-state index in [1.165, 1.54) is 0 Å². The number of carboxylic acid groups (broad SMARTS) is 2. The second kappa shape index (κ2) is 10.3. The summed E-state index contributed by atoms with van der Waals surface area (Å²) >= 11 is 0. The Balaban J connectivity index is 2.52. The molecule has 2 aromatic rings. The van der Waals surface area contributed by atoms with E-state index in [1.54, 1.807) is 33.1 Å². The number of anilines is 2. The summed E-state index contributed by atoms with van der Waals surface area (Å²) in [5.41, 5.74) is 7.59. The Bertz CT molecular complexity index is 991. The lowest BCUT2D eigenvalue weighted by molar-refractivity contribution is -0.142. The van der Waals surface area contributed by atoms with Crippen molar-refractivity contribution in [2.24, 2.45) is 0 Å². The summed E-state index contributed by atoms with van der Waals surface area (Å²) in [7, 11) is 1.55. The standard InChI is InChI=1S/C23H32N4O5/c1-6-7-16(12-19(28)29)26-20-17(13(2)25-22(24)27-20)11-14-10-15(8-9-18(14)32-5)23(3,4)21(30)31/h8-10,16H,6-7,11-12H2,1-5H3,(H,28,29)(H,30,31)(H3,24,25,26,27)/t16-/m0/s1. The summed E-state index contributed by atoms with van der Waals surface area (Å²) in [5, 5.41) is 22.1. The van der Waals surface area contributed by atoms with E-state index in [-0.39, 0.29) is 18.4 Å². The lowest BCUT2D eigenvalue weighted by Crippen LogP contribution is -2.28. The number of hydrogen-bond acceptors (Lipinski definition) is 7. The first-order chi connectivity index (χ1) is 15.0. The average molecular weight is 445 g/mol. The van der Waals surface area contributed by atoms with Gasteiger partial charge in [-0.15, -0.1) is 0 Å². The van der Waals surface area contributed by atoms with Crippen LogP contribution in [0, 0.1) is 6.92 Å². The maximum Gasteiger partial charge on any atom is 0.313 e. The SMILES string of the molecule is CCC[C@@H](CC(=O)O)Nc1nc(N)nc(C)c1Cc1cc(C(C)(C)C(=O)O)ccc1OC. The van der Waals surface area contributed by atoms with Crippen molar-refractivity contribution in [3.63, 3.8) is 0 Å². The molecule has 1 aromatic heterocycles. The number of aryl methyl sites for hydroxylation is 1. The molecule has 0 saturated heterocycles. The van der Waals surface area contributed by atoms with Gasteiger partial charge in [-0.05, 0) is 44.4 Å². The van der Waals surface area contributed by atoms with Crippen LogP contribution in [0.25, 0.3) is 0 Å². The minimum absolute atomic E-state index is 0.0537.